The van der Waals surface area contributed by atoms with Crippen LogP contribution in [0, 0.1) is 5.92 Å². The second-order valence-corrected chi connectivity index (χ2v) is 8.25. The lowest BCUT2D eigenvalue weighted by Gasteiger charge is -2.34. The first-order valence-corrected chi connectivity index (χ1v) is 11.3. The maximum Gasteiger partial charge on any atom is 0.317 e. The van der Waals surface area contributed by atoms with Gasteiger partial charge in [0.15, 0.2) is 0 Å². The van der Waals surface area contributed by atoms with Crippen molar-refractivity contribution >= 4 is 17.8 Å². The highest BCUT2D eigenvalue weighted by Crippen LogP contribution is 2.21. The van der Waals surface area contributed by atoms with Gasteiger partial charge in [0.25, 0.3) is 0 Å². The molecule has 2 aliphatic rings. The predicted octanol–water partition coefficient (Wildman–Crippen LogP) is 2.52. The first-order valence-electron chi connectivity index (χ1n) is 11.3. The quantitative estimate of drug-likeness (QED) is 0.797. The normalized spacial score (nSPS) is 19.5. The van der Waals surface area contributed by atoms with Gasteiger partial charge in [-0.15, -0.1) is 0 Å². The van der Waals surface area contributed by atoms with Crippen molar-refractivity contribution in [1.29, 1.82) is 0 Å². The van der Waals surface area contributed by atoms with Crippen LogP contribution in [-0.4, -0.2) is 60.4 Å². The third-order valence-corrected chi connectivity index (χ3v) is 6.02. The van der Waals surface area contributed by atoms with Gasteiger partial charge in [-0.3, -0.25) is 9.59 Å². The smallest absolute Gasteiger partial charge is 0.317 e. The van der Waals surface area contributed by atoms with Crippen LogP contribution in [0.2, 0.25) is 0 Å². The molecule has 0 radical (unpaired) electrons. The third-order valence-electron chi connectivity index (χ3n) is 6.02. The van der Waals surface area contributed by atoms with E-state index in [1.54, 1.807) is 4.90 Å². The summed E-state index contributed by atoms with van der Waals surface area (Å²) in [5.41, 5.74) is 1.07. The van der Waals surface area contributed by atoms with Crippen molar-refractivity contribution in [3.8, 4) is 0 Å². The Hall–Kier alpha value is -2.57. The van der Waals surface area contributed by atoms with Crippen molar-refractivity contribution in [2.24, 2.45) is 5.92 Å². The first kappa shape index (κ1) is 22.1. The van der Waals surface area contributed by atoms with E-state index in [4.69, 9.17) is 0 Å². The maximum atomic E-state index is 13.1. The SMILES string of the molecule is O=C1CCN(C(=O)C2CCN(C(=O)NCc3ccccc3)CC2)CCCCCCN1. The van der Waals surface area contributed by atoms with E-state index in [0.29, 0.717) is 45.4 Å². The highest BCUT2D eigenvalue weighted by atomic mass is 16.2. The number of likely N-dealkylation sites (tertiary alicyclic amines) is 1. The van der Waals surface area contributed by atoms with Crippen LogP contribution < -0.4 is 10.6 Å². The molecule has 0 atom stereocenters. The Morgan fingerprint density at radius 3 is 2.43 bits per heavy atom. The molecule has 164 valence electrons. The Kier molecular flexibility index (Phi) is 8.53. The topological polar surface area (TPSA) is 81.8 Å². The van der Waals surface area contributed by atoms with Gasteiger partial charge in [0.05, 0.1) is 0 Å². The highest BCUT2D eigenvalue weighted by molar-refractivity contribution is 5.81. The number of hydrogen-bond acceptors (Lipinski definition) is 3. The van der Waals surface area contributed by atoms with Gasteiger partial charge in [0.1, 0.15) is 0 Å². The third kappa shape index (κ3) is 6.75. The molecule has 0 saturated carbocycles. The number of carbonyl (C=O) groups excluding carboxylic acids is 3. The molecule has 2 fully saturated rings. The van der Waals surface area contributed by atoms with E-state index in [0.717, 1.165) is 44.3 Å². The van der Waals surface area contributed by atoms with Crippen LogP contribution in [0.5, 0.6) is 0 Å². The fraction of sp³-hybridized carbons (Fsp3) is 0.609. The lowest BCUT2D eigenvalue weighted by Crippen LogP contribution is -2.48. The van der Waals surface area contributed by atoms with E-state index in [-0.39, 0.29) is 23.8 Å². The fourth-order valence-corrected chi connectivity index (χ4v) is 4.14. The van der Waals surface area contributed by atoms with Gasteiger partial charge >= 0.3 is 6.03 Å². The molecular weight excluding hydrogens is 380 g/mol. The second-order valence-electron chi connectivity index (χ2n) is 8.25. The molecule has 2 N–H and O–H groups in total. The van der Waals surface area contributed by atoms with E-state index in [1.165, 1.54) is 0 Å². The maximum absolute atomic E-state index is 13.1. The van der Waals surface area contributed by atoms with E-state index >= 15 is 0 Å². The molecule has 30 heavy (non-hydrogen) atoms. The summed E-state index contributed by atoms with van der Waals surface area (Å²) in [7, 11) is 0. The first-order chi connectivity index (χ1) is 14.6. The Bertz CT molecular complexity index is 702. The van der Waals surface area contributed by atoms with Crippen molar-refractivity contribution < 1.29 is 14.4 Å². The molecule has 3 rings (SSSR count). The van der Waals surface area contributed by atoms with Crippen molar-refractivity contribution in [3.05, 3.63) is 35.9 Å². The largest absolute Gasteiger partial charge is 0.356 e. The Morgan fingerprint density at radius 1 is 0.933 bits per heavy atom. The number of carbonyl (C=O) groups is 3. The minimum absolute atomic E-state index is 0.0274. The summed E-state index contributed by atoms with van der Waals surface area (Å²) in [5, 5.41) is 5.90. The minimum Gasteiger partial charge on any atom is -0.356 e. The molecule has 2 heterocycles. The van der Waals surface area contributed by atoms with Crippen molar-refractivity contribution in [1.82, 2.24) is 20.4 Å². The molecule has 1 aromatic rings. The van der Waals surface area contributed by atoms with E-state index in [1.807, 2.05) is 35.2 Å². The van der Waals surface area contributed by atoms with Crippen molar-refractivity contribution in [2.45, 2.75) is 51.5 Å². The molecule has 0 unspecified atom stereocenters. The summed E-state index contributed by atoms with van der Waals surface area (Å²) in [5.74, 6) is 0.113. The van der Waals surface area contributed by atoms with Crippen LogP contribution in [0.25, 0.3) is 0 Å². The monoisotopic (exact) mass is 414 g/mol. The predicted molar refractivity (Wildman–Crippen MR) is 116 cm³/mol. The number of hydrogen-bond donors (Lipinski definition) is 2. The van der Waals surface area contributed by atoms with E-state index in [2.05, 4.69) is 10.6 Å². The highest BCUT2D eigenvalue weighted by Gasteiger charge is 2.30. The standard InChI is InChI=1S/C23H34N4O3/c28-21-12-17-26(14-7-2-1-6-13-24-21)22(29)20-10-15-27(16-11-20)23(30)25-18-19-8-4-3-5-9-19/h3-5,8-9,20H,1-2,6-7,10-18H2,(H,24,28)(H,25,30). The van der Waals surface area contributed by atoms with Crippen LogP contribution >= 0.6 is 0 Å². The Labute approximate surface area is 179 Å². The molecule has 2 saturated heterocycles. The minimum atomic E-state index is -0.0725. The summed E-state index contributed by atoms with van der Waals surface area (Å²) in [6.07, 6.45) is 5.89. The number of piperidine rings is 1. The second kappa shape index (κ2) is 11.6. The molecule has 4 amide bonds. The lowest BCUT2D eigenvalue weighted by atomic mass is 9.95. The molecule has 0 aliphatic carbocycles. The summed E-state index contributed by atoms with van der Waals surface area (Å²) < 4.78 is 0. The molecule has 1 aromatic carbocycles. The zero-order chi connectivity index (χ0) is 21.2. The summed E-state index contributed by atoms with van der Waals surface area (Å²) in [6.45, 7) is 3.63. The Morgan fingerprint density at radius 2 is 1.67 bits per heavy atom. The molecule has 0 aromatic heterocycles. The van der Waals surface area contributed by atoms with Gasteiger partial charge in [0.2, 0.25) is 11.8 Å². The zero-order valence-corrected chi connectivity index (χ0v) is 17.8. The number of urea groups is 1. The summed E-state index contributed by atoms with van der Waals surface area (Å²) in [4.78, 5) is 41.1. The number of nitrogens with one attached hydrogen (secondary N) is 2. The lowest BCUT2D eigenvalue weighted by molar-refractivity contribution is -0.137. The average molecular weight is 415 g/mol. The van der Waals surface area contributed by atoms with Crippen LogP contribution in [0.1, 0.15) is 50.5 Å². The van der Waals surface area contributed by atoms with E-state index < -0.39 is 0 Å². The summed E-state index contributed by atoms with van der Waals surface area (Å²) >= 11 is 0. The molecule has 7 heteroatoms. The molecule has 7 nitrogen and oxygen atoms in total. The van der Waals surface area contributed by atoms with Crippen molar-refractivity contribution in [3.63, 3.8) is 0 Å². The summed E-state index contributed by atoms with van der Waals surface area (Å²) in [6, 6.07) is 9.77. The molecular formula is C23H34N4O3. The molecule has 2 aliphatic heterocycles. The Balaban J connectivity index is 1.45. The van der Waals surface area contributed by atoms with Crippen LogP contribution in [0.3, 0.4) is 0 Å². The number of rotatable bonds is 3. The molecule has 0 spiro atoms. The number of benzene rings is 1. The van der Waals surface area contributed by atoms with Crippen LogP contribution in [-0.2, 0) is 16.1 Å². The molecule has 0 bridgehead atoms. The number of amides is 4. The van der Waals surface area contributed by atoms with Crippen LogP contribution in [0.4, 0.5) is 4.79 Å². The van der Waals surface area contributed by atoms with Gasteiger partial charge in [-0.05, 0) is 31.2 Å². The van der Waals surface area contributed by atoms with Crippen molar-refractivity contribution in [2.75, 3.05) is 32.7 Å². The van der Waals surface area contributed by atoms with E-state index in [9.17, 15) is 14.4 Å². The fourth-order valence-electron chi connectivity index (χ4n) is 4.14. The number of nitrogens with zero attached hydrogens (tertiary/aromatic N) is 2. The van der Waals surface area contributed by atoms with Gasteiger partial charge < -0.3 is 20.4 Å². The van der Waals surface area contributed by atoms with Gasteiger partial charge in [-0.25, -0.2) is 4.79 Å². The van der Waals surface area contributed by atoms with Gasteiger partial charge in [-0.1, -0.05) is 43.2 Å². The average Bonchev–Trinajstić information content (AvgIpc) is 2.83. The van der Waals surface area contributed by atoms with Crippen LogP contribution in [0.15, 0.2) is 30.3 Å². The zero-order valence-electron chi connectivity index (χ0n) is 17.8. The van der Waals surface area contributed by atoms with Gasteiger partial charge in [-0.2, -0.15) is 0 Å². The van der Waals surface area contributed by atoms with Gasteiger partial charge in [0, 0.05) is 51.6 Å².